The summed E-state index contributed by atoms with van der Waals surface area (Å²) in [4.78, 5) is 0. The van der Waals surface area contributed by atoms with E-state index in [-0.39, 0.29) is 0 Å². The van der Waals surface area contributed by atoms with Crippen molar-refractivity contribution in [2.45, 2.75) is 38.8 Å². The van der Waals surface area contributed by atoms with Crippen molar-refractivity contribution in [1.29, 1.82) is 0 Å². The number of benzene rings is 2. The molecule has 1 nitrogen and oxygen atoms in total. The van der Waals surface area contributed by atoms with Crippen LogP contribution in [0, 0.1) is 0 Å². The zero-order chi connectivity index (χ0) is 14.4. The van der Waals surface area contributed by atoms with Crippen molar-refractivity contribution in [3.8, 4) is 0 Å². The Morgan fingerprint density at radius 2 is 1.65 bits per heavy atom. The maximum absolute atomic E-state index is 5.94. The predicted molar refractivity (Wildman–Crippen MR) is 87.2 cm³/mol. The zero-order valence-electron chi connectivity index (χ0n) is 12.1. The van der Waals surface area contributed by atoms with E-state index in [1.165, 1.54) is 11.1 Å². The molecule has 0 radical (unpaired) electrons. The van der Waals surface area contributed by atoms with Gasteiger partial charge < -0.3 is 5.32 Å². The SMILES string of the molecule is CCC(Cc1ccccc1)N[C@@H](C)c1ccc(Cl)cc1. The first-order chi connectivity index (χ1) is 9.69. The van der Waals surface area contributed by atoms with Crippen molar-refractivity contribution in [2.24, 2.45) is 0 Å². The molecule has 0 bridgehead atoms. The van der Waals surface area contributed by atoms with Gasteiger partial charge in [-0.1, -0.05) is 61.0 Å². The Labute approximate surface area is 127 Å². The van der Waals surface area contributed by atoms with E-state index in [0.717, 1.165) is 17.9 Å². The average Bonchev–Trinajstić information content (AvgIpc) is 2.48. The lowest BCUT2D eigenvalue weighted by atomic mass is 10.0. The second-order valence-electron chi connectivity index (χ2n) is 5.23. The van der Waals surface area contributed by atoms with E-state index in [0.29, 0.717) is 12.1 Å². The minimum Gasteiger partial charge on any atom is -0.307 e. The smallest absolute Gasteiger partial charge is 0.0406 e. The van der Waals surface area contributed by atoms with Gasteiger partial charge in [-0.15, -0.1) is 0 Å². The highest BCUT2D eigenvalue weighted by atomic mass is 35.5. The van der Waals surface area contributed by atoms with Crippen molar-refractivity contribution in [2.75, 3.05) is 0 Å². The molecule has 2 atom stereocenters. The van der Waals surface area contributed by atoms with Gasteiger partial charge in [-0.05, 0) is 43.0 Å². The minimum absolute atomic E-state index is 0.334. The molecule has 0 spiro atoms. The Hall–Kier alpha value is -1.31. The summed E-state index contributed by atoms with van der Waals surface area (Å²) < 4.78 is 0. The number of hydrogen-bond acceptors (Lipinski definition) is 1. The van der Waals surface area contributed by atoms with Crippen molar-refractivity contribution in [3.63, 3.8) is 0 Å². The van der Waals surface area contributed by atoms with E-state index in [9.17, 15) is 0 Å². The Balaban J connectivity index is 1.97. The first-order valence-corrected chi connectivity index (χ1v) is 7.62. The van der Waals surface area contributed by atoms with E-state index in [2.05, 4.69) is 61.6 Å². The molecule has 2 rings (SSSR count). The van der Waals surface area contributed by atoms with Crippen molar-refractivity contribution < 1.29 is 0 Å². The first kappa shape index (κ1) is 15.1. The van der Waals surface area contributed by atoms with Crippen LogP contribution in [0.25, 0.3) is 0 Å². The summed E-state index contributed by atoms with van der Waals surface area (Å²) in [6.45, 7) is 4.44. The molecule has 0 fully saturated rings. The summed E-state index contributed by atoms with van der Waals surface area (Å²) in [5.41, 5.74) is 2.66. The van der Waals surface area contributed by atoms with Gasteiger partial charge in [0.1, 0.15) is 0 Å². The van der Waals surface area contributed by atoms with Crippen molar-refractivity contribution in [1.82, 2.24) is 5.32 Å². The number of halogens is 1. The normalized spacial score (nSPS) is 13.9. The molecule has 2 aromatic rings. The summed E-state index contributed by atoms with van der Waals surface area (Å²) >= 11 is 5.94. The van der Waals surface area contributed by atoms with Crippen LogP contribution in [0.15, 0.2) is 54.6 Å². The highest BCUT2D eigenvalue weighted by Gasteiger charge is 2.12. The molecule has 0 amide bonds. The molecule has 0 heterocycles. The van der Waals surface area contributed by atoms with Gasteiger partial charge in [-0.3, -0.25) is 0 Å². The Morgan fingerprint density at radius 1 is 1.00 bits per heavy atom. The maximum Gasteiger partial charge on any atom is 0.0406 e. The number of rotatable bonds is 6. The molecule has 2 aromatic carbocycles. The van der Waals surface area contributed by atoms with Gasteiger partial charge in [-0.2, -0.15) is 0 Å². The quantitative estimate of drug-likeness (QED) is 0.787. The molecule has 2 heteroatoms. The van der Waals surface area contributed by atoms with Crippen LogP contribution in [-0.2, 0) is 6.42 Å². The molecule has 1 N–H and O–H groups in total. The van der Waals surface area contributed by atoms with E-state index in [4.69, 9.17) is 11.6 Å². The predicted octanol–water partition coefficient (Wildman–Crippen LogP) is 5.01. The zero-order valence-corrected chi connectivity index (χ0v) is 12.9. The molecule has 1 unspecified atom stereocenters. The third kappa shape index (κ3) is 4.36. The van der Waals surface area contributed by atoms with Crippen molar-refractivity contribution in [3.05, 3.63) is 70.7 Å². The van der Waals surface area contributed by atoms with Crippen LogP contribution in [0.3, 0.4) is 0 Å². The van der Waals surface area contributed by atoms with E-state index >= 15 is 0 Å². The van der Waals surface area contributed by atoms with Gasteiger partial charge >= 0.3 is 0 Å². The van der Waals surface area contributed by atoms with Gasteiger partial charge in [0, 0.05) is 17.1 Å². The third-order valence-corrected chi connectivity index (χ3v) is 3.93. The molecule has 0 aliphatic rings. The molecule has 106 valence electrons. The van der Waals surface area contributed by atoms with Crippen LogP contribution in [-0.4, -0.2) is 6.04 Å². The molecule has 0 saturated carbocycles. The van der Waals surface area contributed by atoms with Crippen LogP contribution < -0.4 is 5.32 Å². The Morgan fingerprint density at radius 3 is 2.25 bits per heavy atom. The van der Waals surface area contributed by atoms with Crippen LogP contribution in [0.1, 0.15) is 37.4 Å². The largest absolute Gasteiger partial charge is 0.307 e. The molecular weight excluding hydrogens is 266 g/mol. The van der Waals surface area contributed by atoms with Crippen LogP contribution in [0.2, 0.25) is 5.02 Å². The number of hydrogen-bond donors (Lipinski definition) is 1. The first-order valence-electron chi connectivity index (χ1n) is 7.24. The average molecular weight is 288 g/mol. The van der Waals surface area contributed by atoms with Crippen LogP contribution in [0.4, 0.5) is 0 Å². The fourth-order valence-corrected chi connectivity index (χ4v) is 2.55. The molecule has 0 aromatic heterocycles. The lowest BCUT2D eigenvalue weighted by Gasteiger charge is -2.23. The lowest BCUT2D eigenvalue weighted by molar-refractivity contribution is 0.440. The standard InChI is InChI=1S/C18H22ClN/c1-3-18(13-15-7-5-4-6-8-15)20-14(2)16-9-11-17(19)12-10-16/h4-12,14,18,20H,3,13H2,1-2H3/t14-,18?/m0/s1. The summed E-state index contributed by atoms with van der Waals surface area (Å²) in [5.74, 6) is 0. The van der Waals surface area contributed by atoms with Crippen molar-refractivity contribution >= 4 is 11.6 Å². The van der Waals surface area contributed by atoms with Crippen LogP contribution >= 0.6 is 11.6 Å². The highest BCUT2D eigenvalue weighted by Crippen LogP contribution is 2.18. The summed E-state index contributed by atoms with van der Waals surface area (Å²) in [7, 11) is 0. The van der Waals surface area contributed by atoms with E-state index < -0.39 is 0 Å². The Bertz CT molecular complexity index is 507. The van der Waals surface area contributed by atoms with Gasteiger partial charge in [0.2, 0.25) is 0 Å². The highest BCUT2D eigenvalue weighted by molar-refractivity contribution is 6.30. The van der Waals surface area contributed by atoms with Crippen LogP contribution in [0.5, 0.6) is 0 Å². The monoisotopic (exact) mass is 287 g/mol. The van der Waals surface area contributed by atoms with E-state index in [1.807, 2.05) is 12.1 Å². The topological polar surface area (TPSA) is 12.0 Å². The molecule has 20 heavy (non-hydrogen) atoms. The molecule has 0 aliphatic heterocycles. The minimum atomic E-state index is 0.334. The summed E-state index contributed by atoms with van der Waals surface area (Å²) in [5, 5.41) is 4.50. The van der Waals surface area contributed by atoms with E-state index in [1.54, 1.807) is 0 Å². The third-order valence-electron chi connectivity index (χ3n) is 3.67. The Kier molecular flexibility index (Phi) is 5.63. The number of nitrogens with one attached hydrogen (secondary N) is 1. The molecule has 0 aliphatic carbocycles. The lowest BCUT2D eigenvalue weighted by Crippen LogP contribution is -2.32. The van der Waals surface area contributed by atoms with Gasteiger partial charge in [-0.25, -0.2) is 0 Å². The second-order valence-corrected chi connectivity index (χ2v) is 5.67. The van der Waals surface area contributed by atoms with Gasteiger partial charge in [0.15, 0.2) is 0 Å². The second kappa shape index (κ2) is 7.47. The maximum atomic E-state index is 5.94. The summed E-state index contributed by atoms with van der Waals surface area (Å²) in [6.07, 6.45) is 2.18. The fourth-order valence-electron chi connectivity index (χ4n) is 2.42. The summed E-state index contributed by atoms with van der Waals surface area (Å²) in [6, 6.07) is 19.6. The molecular formula is C18H22ClN. The fraction of sp³-hybridized carbons (Fsp3) is 0.333. The van der Waals surface area contributed by atoms with Gasteiger partial charge in [0.05, 0.1) is 0 Å². The van der Waals surface area contributed by atoms with Gasteiger partial charge in [0.25, 0.3) is 0 Å². The molecule has 0 saturated heterocycles.